The monoisotopic (exact) mass is 476 g/mol. The number of aliphatic imine (C=N–C) groups is 1. The SMILES string of the molecule is CCNC(=NCCS(C)(=O)=O)NC1CN(C(=O)OC(C)(C)C)C1.I. The number of guanidine groups is 1. The van der Waals surface area contributed by atoms with Crippen LogP contribution in [0.15, 0.2) is 4.99 Å². The van der Waals surface area contributed by atoms with Crippen molar-refractivity contribution >= 4 is 45.9 Å². The Bertz CT molecular complexity index is 539. The fourth-order valence-corrected chi connectivity index (χ4v) is 2.30. The van der Waals surface area contributed by atoms with E-state index in [1.807, 2.05) is 27.7 Å². The molecule has 0 aromatic heterocycles. The lowest BCUT2D eigenvalue weighted by Gasteiger charge is -2.40. The van der Waals surface area contributed by atoms with Crippen molar-refractivity contribution in [2.45, 2.75) is 39.3 Å². The molecule has 0 aromatic rings. The van der Waals surface area contributed by atoms with Gasteiger partial charge >= 0.3 is 6.09 Å². The topological polar surface area (TPSA) is 100 Å². The van der Waals surface area contributed by atoms with E-state index in [2.05, 4.69) is 15.6 Å². The number of ether oxygens (including phenoxy) is 1. The largest absolute Gasteiger partial charge is 0.444 e. The average molecular weight is 476 g/mol. The second-order valence-corrected chi connectivity index (χ2v) is 8.88. The van der Waals surface area contributed by atoms with Gasteiger partial charge in [0.1, 0.15) is 15.4 Å². The summed E-state index contributed by atoms with van der Waals surface area (Å²) in [5.41, 5.74) is -0.502. The van der Waals surface area contributed by atoms with E-state index in [1.165, 1.54) is 6.26 Å². The molecule has 1 rings (SSSR count). The van der Waals surface area contributed by atoms with Crippen molar-refractivity contribution in [3.63, 3.8) is 0 Å². The van der Waals surface area contributed by atoms with Gasteiger partial charge in [0.25, 0.3) is 0 Å². The van der Waals surface area contributed by atoms with Gasteiger partial charge in [-0.3, -0.25) is 4.99 Å². The molecule has 0 aromatic carbocycles. The fourth-order valence-electron chi connectivity index (χ4n) is 1.88. The summed E-state index contributed by atoms with van der Waals surface area (Å²) in [7, 11) is -3.02. The van der Waals surface area contributed by atoms with Crippen LogP contribution in [0.25, 0.3) is 0 Å². The highest BCUT2D eigenvalue weighted by molar-refractivity contribution is 14.0. The molecule has 1 amide bonds. The minimum atomic E-state index is -3.02. The molecule has 0 radical (unpaired) electrons. The van der Waals surface area contributed by atoms with Gasteiger partial charge in [0, 0.05) is 25.9 Å². The highest BCUT2D eigenvalue weighted by Gasteiger charge is 2.34. The number of sulfone groups is 1. The molecule has 0 spiro atoms. The van der Waals surface area contributed by atoms with Crippen molar-refractivity contribution in [3.05, 3.63) is 0 Å². The van der Waals surface area contributed by atoms with Crippen LogP contribution in [0.2, 0.25) is 0 Å². The quantitative estimate of drug-likeness (QED) is 0.347. The smallest absolute Gasteiger partial charge is 0.410 e. The predicted octanol–water partition coefficient (Wildman–Crippen LogP) is 0.823. The Balaban J connectivity index is 0.00000529. The Hall–Kier alpha value is -0.780. The molecule has 0 aliphatic carbocycles. The van der Waals surface area contributed by atoms with Crippen LogP contribution in [-0.4, -0.2) is 75.2 Å². The number of carbonyl (C=O) groups excluding carboxylic acids is 1. The Morgan fingerprint density at radius 1 is 1.33 bits per heavy atom. The number of carbonyl (C=O) groups is 1. The first-order valence-electron chi connectivity index (χ1n) is 7.70. The van der Waals surface area contributed by atoms with E-state index in [1.54, 1.807) is 4.90 Å². The third-order valence-electron chi connectivity index (χ3n) is 2.95. The van der Waals surface area contributed by atoms with E-state index in [-0.39, 0.29) is 48.4 Å². The number of halogens is 1. The zero-order chi connectivity index (χ0) is 17.7. The van der Waals surface area contributed by atoms with Gasteiger partial charge in [-0.05, 0) is 27.7 Å². The summed E-state index contributed by atoms with van der Waals surface area (Å²) < 4.78 is 27.5. The highest BCUT2D eigenvalue weighted by atomic mass is 127. The number of hydrogen-bond donors (Lipinski definition) is 2. The molecule has 0 atom stereocenters. The lowest BCUT2D eigenvalue weighted by Crippen LogP contribution is -2.63. The molecule has 142 valence electrons. The van der Waals surface area contributed by atoms with E-state index in [9.17, 15) is 13.2 Å². The summed E-state index contributed by atoms with van der Waals surface area (Å²) in [5.74, 6) is 0.572. The molecule has 24 heavy (non-hydrogen) atoms. The van der Waals surface area contributed by atoms with E-state index in [0.717, 1.165) is 0 Å². The Kier molecular flexibility index (Phi) is 9.32. The molecule has 8 nitrogen and oxygen atoms in total. The Morgan fingerprint density at radius 3 is 2.38 bits per heavy atom. The number of amides is 1. The predicted molar refractivity (Wildman–Crippen MR) is 106 cm³/mol. The molecule has 1 aliphatic heterocycles. The molecule has 0 unspecified atom stereocenters. The first kappa shape index (κ1) is 23.2. The van der Waals surface area contributed by atoms with E-state index < -0.39 is 15.4 Å². The normalized spacial score (nSPS) is 16.0. The lowest BCUT2D eigenvalue weighted by atomic mass is 10.1. The van der Waals surface area contributed by atoms with Crippen molar-refractivity contribution < 1.29 is 17.9 Å². The minimum absolute atomic E-state index is 0. The van der Waals surface area contributed by atoms with Gasteiger partial charge in [-0.1, -0.05) is 0 Å². The summed E-state index contributed by atoms with van der Waals surface area (Å²) >= 11 is 0. The highest BCUT2D eigenvalue weighted by Crippen LogP contribution is 2.15. The molecule has 1 fully saturated rings. The van der Waals surface area contributed by atoms with Crippen molar-refractivity contribution in [2.75, 3.05) is 38.2 Å². The van der Waals surface area contributed by atoms with Gasteiger partial charge in [-0.25, -0.2) is 13.2 Å². The van der Waals surface area contributed by atoms with Crippen LogP contribution in [0.5, 0.6) is 0 Å². The fraction of sp³-hybridized carbons (Fsp3) is 0.857. The zero-order valence-corrected chi connectivity index (χ0v) is 18.1. The molecule has 2 N–H and O–H groups in total. The molecular formula is C14H29IN4O4S. The molecule has 10 heteroatoms. The van der Waals surface area contributed by atoms with E-state index >= 15 is 0 Å². The van der Waals surface area contributed by atoms with Gasteiger partial charge in [0.05, 0.1) is 18.3 Å². The van der Waals surface area contributed by atoms with Crippen LogP contribution < -0.4 is 10.6 Å². The van der Waals surface area contributed by atoms with Crippen molar-refractivity contribution in [2.24, 2.45) is 4.99 Å². The minimum Gasteiger partial charge on any atom is -0.444 e. The maximum atomic E-state index is 11.8. The standard InChI is InChI=1S/C14H28N4O4S.HI/c1-6-15-12(16-7-8-23(5,20)21)17-11-9-18(10-11)13(19)22-14(2,3)4;/h11H,6-10H2,1-5H3,(H2,15,16,17);1H. The average Bonchev–Trinajstić information content (AvgIpc) is 2.28. The molecule has 0 saturated carbocycles. The Morgan fingerprint density at radius 2 is 1.92 bits per heavy atom. The molecular weight excluding hydrogens is 447 g/mol. The summed E-state index contributed by atoms with van der Waals surface area (Å²) in [6, 6.07) is 0.0820. The summed E-state index contributed by atoms with van der Waals surface area (Å²) in [6.07, 6.45) is 0.864. The van der Waals surface area contributed by atoms with Crippen molar-refractivity contribution in [1.29, 1.82) is 0 Å². The third-order valence-corrected chi connectivity index (χ3v) is 3.87. The van der Waals surface area contributed by atoms with Gasteiger partial charge in [0.15, 0.2) is 5.96 Å². The third kappa shape index (κ3) is 9.50. The number of rotatable bonds is 5. The molecule has 1 aliphatic rings. The molecule has 1 saturated heterocycles. The van der Waals surface area contributed by atoms with Crippen LogP contribution in [0.4, 0.5) is 4.79 Å². The maximum absolute atomic E-state index is 11.8. The first-order chi connectivity index (χ1) is 10.5. The summed E-state index contributed by atoms with van der Waals surface area (Å²) in [4.78, 5) is 17.7. The lowest BCUT2D eigenvalue weighted by molar-refractivity contribution is 0.00700. The van der Waals surface area contributed by atoms with Gasteiger partial charge < -0.3 is 20.3 Å². The summed E-state index contributed by atoms with van der Waals surface area (Å²) in [5, 5.41) is 6.24. The number of likely N-dealkylation sites (tertiary alicyclic amines) is 1. The first-order valence-corrected chi connectivity index (χ1v) is 9.76. The van der Waals surface area contributed by atoms with E-state index in [4.69, 9.17) is 4.74 Å². The van der Waals surface area contributed by atoms with Gasteiger partial charge in [0.2, 0.25) is 0 Å². The maximum Gasteiger partial charge on any atom is 0.410 e. The molecule has 1 heterocycles. The number of hydrogen-bond acceptors (Lipinski definition) is 5. The van der Waals surface area contributed by atoms with Crippen LogP contribution in [-0.2, 0) is 14.6 Å². The van der Waals surface area contributed by atoms with Gasteiger partial charge in [-0.15, -0.1) is 24.0 Å². The van der Waals surface area contributed by atoms with Crippen molar-refractivity contribution in [1.82, 2.24) is 15.5 Å². The van der Waals surface area contributed by atoms with E-state index in [0.29, 0.717) is 25.6 Å². The zero-order valence-electron chi connectivity index (χ0n) is 15.0. The van der Waals surface area contributed by atoms with Crippen molar-refractivity contribution in [3.8, 4) is 0 Å². The second-order valence-electron chi connectivity index (χ2n) is 6.62. The number of nitrogens with one attached hydrogen (secondary N) is 2. The summed E-state index contributed by atoms with van der Waals surface area (Å²) in [6.45, 7) is 9.37. The van der Waals surface area contributed by atoms with Crippen LogP contribution in [0.1, 0.15) is 27.7 Å². The number of nitrogens with zero attached hydrogens (tertiary/aromatic N) is 2. The van der Waals surface area contributed by atoms with Crippen LogP contribution in [0, 0.1) is 0 Å². The second kappa shape index (κ2) is 9.64. The van der Waals surface area contributed by atoms with Crippen LogP contribution >= 0.6 is 24.0 Å². The van der Waals surface area contributed by atoms with Crippen LogP contribution in [0.3, 0.4) is 0 Å². The molecule has 0 bridgehead atoms. The van der Waals surface area contributed by atoms with Gasteiger partial charge in [-0.2, -0.15) is 0 Å². The Labute approximate surface area is 161 Å².